The van der Waals surface area contributed by atoms with Crippen LogP contribution in [-0.2, 0) is 16.0 Å². The number of anilines is 1. The molecule has 0 radical (unpaired) electrons. The van der Waals surface area contributed by atoms with Crippen LogP contribution >= 0.6 is 11.3 Å². The maximum absolute atomic E-state index is 11.4. The van der Waals surface area contributed by atoms with Gasteiger partial charge < -0.3 is 10.4 Å². The van der Waals surface area contributed by atoms with Crippen LogP contribution in [0.1, 0.15) is 37.6 Å². The molecular weight excluding hydrogens is 242 g/mol. The molecule has 0 unspecified atom stereocenters. The Labute approximate surface area is 103 Å². The van der Waals surface area contributed by atoms with E-state index in [1.807, 2.05) is 6.92 Å². The standard InChI is InChI=1S/C10H15N3O3S/c1-2-3-4-7(14)11-10-13-12-8(17-10)5-6-9(15)16/h2-6H2,1H3,(H,15,16)(H,11,13,14). The number of unbranched alkanes of at least 4 members (excludes halogenated alkanes) is 1. The lowest BCUT2D eigenvalue weighted by Gasteiger charge is -1.98. The number of carbonyl (C=O) groups is 2. The minimum atomic E-state index is -0.867. The van der Waals surface area contributed by atoms with E-state index in [-0.39, 0.29) is 12.3 Å². The van der Waals surface area contributed by atoms with Crippen LogP contribution in [0.3, 0.4) is 0 Å². The van der Waals surface area contributed by atoms with Crippen LogP contribution in [0.25, 0.3) is 0 Å². The largest absolute Gasteiger partial charge is 0.481 e. The monoisotopic (exact) mass is 257 g/mol. The van der Waals surface area contributed by atoms with E-state index in [0.717, 1.165) is 12.8 Å². The average Bonchev–Trinajstić information content (AvgIpc) is 2.71. The topological polar surface area (TPSA) is 92.2 Å². The van der Waals surface area contributed by atoms with Gasteiger partial charge in [0.05, 0.1) is 6.42 Å². The summed E-state index contributed by atoms with van der Waals surface area (Å²) in [6, 6.07) is 0. The van der Waals surface area contributed by atoms with E-state index in [0.29, 0.717) is 23.0 Å². The first-order valence-corrected chi connectivity index (χ1v) is 6.27. The minimum absolute atomic E-state index is 0.0262. The number of rotatable bonds is 7. The van der Waals surface area contributed by atoms with Gasteiger partial charge in [-0.25, -0.2) is 0 Å². The van der Waals surface area contributed by atoms with Gasteiger partial charge >= 0.3 is 5.97 Å². The van der Waals surface area contributed by atoms with E-state index in [1.165, 1.54) is 11.3 Å². The van der Waals surface area contributed by atoms with Crippen LogP contribution in [0.2, 0.25) is 0 Å². The summed E-state index contributed by atoms with van der Waals surface area (Å²) >= 11 is 1.22. The van der Waals surface area contributed by atoms with Crippen molar-refractivity contribution in [3.8, 4) is 0 Å². The van der Waals surface area contributed by atoms with Gasteiger partial charge in [-0.1, -0.05) is 24.7 Å². The highest BCUT2D eigenvalue weighted by atomic mass is 32.1. The molecule has 0 bridgehead atoms. The first-order chi connectivity index (χ1) is 8.11. The van der Waals surface area contributed by atoms with Crippen molar-refractivity contribution in [2.75, 3.05) is 5.32 Å². The molecule has 0 aliphatic carbocycles. The number of carboxylic acids is 1. The Morgan fingerprint density at radius 2 is 2.12 bits per heavy atom. The molecule has 0 fully saturated rings. The van der Waals surface area contributed by atoms with Crippen molar-refractivity contribution in [3.05, 3.63) is 5.01 Å². The summed E-state index contributed by atoms with van der Waals surface area (Å²) in [7, 11) is 0. The molecule has 1 aromatic rings. The number of aliphatic carboxylic acids is 1. The normalized spacial score (nSPS) is 10.2. The lowest BCUT2D eigenvalue weighted by atomic mass is 10.2. The number of hydrogen-bond acceptors (Lipinski definition) is 5. The number of amides is 1. The van der Waals surface area contributed by atoms with E-state index < -0.39 is 5.97 Å². The summed E-state index contributed by atoms with van der Waals surface area (Å²) in [5.41, 5.74) is 0. The van der Waals surface area contributed by atoms with Crippen LogP contribution in [0.5, 0.6) is 0 Å². The zero-order valence-corrected chi connectivity index (χ0v) is 10.4. The van der Waals surface area contributed by atoms with Gasteiger partial charge in [-0.3, -0.25) is 9.59 Å². The molecule has 2 N–H and O–H groups in total. The van der Waals surface area contributed by atoms with Gasteiger partial charge in [0.2, 0.25) is 11.0 Å². The third kappa shape index (κ3) is 5.39. The first kappa shape index (κ1) is 13.6. The summed E-state index contributed by atoms with van der Waals surface area (Å²) in [6.45, 7) is 2.02. The molecular formula is C10H15N3O3S. The number of aromatic nitrogens is 2. The fourth-order valence-corrected chi connectivity index (χ4v) is 1.89. The van der Waals surface area contributed by atoms with Crippen molar-refractivity contribution in [1.82, 2.24) is 10.2 Å². The number of carboxylic acid groups (broad SMARTS) is 1. The van der Waals surface area contributed by atoms with E-state index in [1.54, 1.807) is 0 Å². The molecule has 1 heterocycles. The summed E-state index contributed by atoms with van der Waals surface area (Å²) in [6.07, 6.45) is 2.65. The predicted octanol–water partition coefficient (Wildman–Crippen LogP) is 1.68. The molecule has 0 saturated carbocycles. The summed E-state index contributed by atoms with van der Waals surface area (Å²) in [5, 5.41) is 19.8. The fraction of sp³-hybridized carbons (Fsp3) is 0.600. The maximum Gasteiger partial charge on any atom is 0.303 e. The van der Waals surface area contributed by atoms with E-state index in [9.17, 15) is 9.59 Å². The Bertz CT molecular complexity index is 392. The molecule has 6 nitrogen and oxygen atoms in total. The highest BCUT2D eigenvalue weighted by Crippen LogP contribution is 2.16. The Morgan fingerprint density at radius 3 is 2.76 bits per heavy atom. The highest BCUT2D eigenvalue weighted by Gasteiger charge is 2.08. The zero-order chi connectivity index (χ0) is 12.7. The summed E-state index contributed by atoms with van der Waals surface area (Å²) in [5.74, 6) is -0.943. The van der Waals surface area contributed by atoms with Crippen molar-refractivity contribution in [2.45, 2.75) is 39.0 Å². The lowest BCUT2D eigenvalue weighted by Crippen LogP contribution is -2.10. The van der Waals surface area contributed by atoms with Gasteiger partial charge in [0, 0.05) is 12.8 Å². The van der Waals surface area contributed by atoms with Crippen LogP contribution in [-0.4, -0.2) is 27.2 Å². The fourth-order valence-electron chi connectivity index (χ4n) is 1.14. The number of carbonyl (C=O) groups excluding carboxylic acids is 1. The minimum Gasteiger partial charge on any atom is -0.481 e. The molecule has 0 aromatic carbocycles. The smallest absolute Gasteiger partial charge is 0.303 e. The molecule has 1 rings (SSSR count). The van der Waals surface area contributed by atoms with Crippen LogP contribution in [0.15, 0.2) is 0 Å². The Balaban J connectivity index is 2.39. The quantitative estimate of drug-likeness (QED) is 0.775. The molecule has 0 spiro atoms. The molecule has 0 aliphatic rings. The molecule has 94 valence electrons. The van der Waals surface area contributed by atoms with Crippen LogP contribution < -0.4 is 5.32 Å². The number of nitrogens with zero attached hydrogens (tertiary/aromatic N) is 2. The Kier molecular flexibility index (Phi) is 5.55. The van der Waals surface area contributed by atoms with Gasteiger partial charge in [0.1, 0.15) is 5.01 Å². The highest BCUT2D eigenvalue weighted by molar-refractivity contribution is 7.15. The number of aryl methyl sites for hydroxylation is 1. The second kappa shape index (κ2) is 6.95. The van der Waals surface area contributed by atoms with E-state index in [2.05, 4.69) is 15.5 Å². The molecule has 1 aromatic heterocycles. The van der Waals surface area contributed by atoms with Crippen LogP contribution in [0, 0.1) is 0 Å². The van der Waals surface area contributed by atoms with Gasteiger partial charge in [-0.2, -0.15) is 0 Å². The second-order valence-corrected chi connectivity index (χ2v) is 4.61. The average molecular weight is 257 g/mol. The Hall–Kier alpha value is -1.50. The van der Waals surface area contributed by atoms with Gasteiger partial charge in [-0.15, -0.1) is 10.2 Å². The third-order valence-electron chi connectivity index (χ3n) is 2.02. The SMILES string of the molecule is CCCCC(=O)Nc1nnc(CCC(=O)O)s1. The van der Waals surface area contributed by atoms with Gasteiger partial charge in [0.15, 0.2) is 0 Å². The third-order valence-corrected chi connectivity index (χ3v) is 2.92. The zero-order valence-electron chi connectivity index (χ0n) is 9.60. The molecule has 0 atom stereocenters. The lowest BCUT2D eigenvalue weighted by molar-refractivity contribution is -0.137. The molecule has 0 saturated heterocycles. The van der Waals surface area contributed by atoms with Crippen LogP contribution in [0.4, 0.5) is 5.13 Å². The maximum atomic E-state index is 11.4. The van der Waals surface area contributed by atoms with Gasteiger partial charge in [-0.05, 0) is 6.42 Å². The first-order valence-electron chi connectivity index (χ1n) is 5.46. The summed E-state index contributed by atoms with van der Waals surface area (Å²) in [4.78, 5) is 21.7. The number of hydrogen-bond donors (Lipinski definition) is 2. The van der Waals surface area contributed by atoms with Crippen molar-refractivity contribution in [2.24, 2.45) is 0 Å². The van der Waals surface area contributed by atoms with E-state index >= 15 is 0 Å². The van der Waals surface area contributed by atoms with Gasteiger partial charge in [0.25, 0.3) is 0 Å². The second-order valence-electron chi connectivity index (χ2n) is 3.55. The molecule has 17 heavy (non-hydrogen) atoms. The van der Waals surface area contributed by atoms with Crippen molar-refractivity contribution in [3.63, 3.8) is 0 Å². The van der Waals surface area contributed by atoms with Crippen molar-refractivity contribution >= 4 is 28.3 Å². The molecule has 0 aliphatic heterocycles. The van der Waals surface area contributed by atoms with Crippen molar-refractivity contribution in [1.29, 1.82) is 0 Å². The molecule has 1 amide bonds. The molecule has 7 heteroatoms. The number of nitrogens with one attached hydrogen (secondary N) is 1. The summed E-state index contributed by atoms with van der Waals surface area (Å²) < 4.78 is 0. The van der Waals surface area contributed by atoms with Crippen molar-refractivity contribution < 1.29 is 14.7 Å². The predicted molar refractivity (Wildman–Crippen MR) is 64.0 cm³/mol. The van der Waals surface area contributed by atoms with E-state index in [4.69, 9.17) is 5.11 Å². The Morgan fingerprint density at radius 1 is 1.35 bits per heavy atom.